The third kappa shape index (κ3) is 3.54. The van der Waals surface area contributed by atoms with Gasteiger partial charge in [0.15, 0.2) is 9.84 Å². The van der Waals surface area contributed by atoms with Crippen LogP contribution >= 0.6 is 0 Å². The fraction of sp³-hybridized carbons (Fsp3) is 0.538. The van der Waals surface area contributed by atoms with Crippen LogP contribution in [0.3, 0.4) is 0 Å². The number of rotatable bonds is 4. The molecule has 0 aromatic heterocycles. The molecule has 2 rings (SSSR count). The van der Waals surface area contributed by atoms with E-state index in [0.29, 0.717) is 17.0 Å². The van der Waals surface area contributed by atoms with E-state index >= 15 is 0 Å². The van der Waals surface area contributed by atoms with E-state index in [9.17, 15) is 8.42 Å². The van der Waals surface area contributed by atoms with Crippen molar-refractivity contribution in [1.82, 2.24) is 5.32 Å². The molecule has 0 radical (unpaired) electrons. The Balaban J connectivity index is 1.91. The zero-order valence-electron chi connectivity index (χ0n) is 10.6. The molecule has 0 heterocycles. The molecule has 0 saturated heterocycles. The highest BCUT2D eigenvalue weighted by Crippen LogP contribution is 2.18. The molecular formula is C13H20N2O2S. The summed E-state index contributed by atoms with van der Waals surface area (Å²) in [5, 5.41) is 3.46. The number of hydrogen-bond acceptors (Lipinski definition) is 4. The molecule has 1 aliphatic rings. The van der Waals surface area contributed by atoms with Crippen LogP contribution in [0.25, 0.3) is 0 Å². The minimum Gasteiger partial charge on any atom is -0.328 e. The Hall–Kier alpha value is -0.910. The smallest absolute Gasteiger partial charge is 0.175 e. The SMILES string of the molecule is CS(=O)(=O)c1ccc(CNC2CCC(N)C2)cc1. The fourth-order valence-electron chi connectivity index (χ4n) is 2.32. The van der Waals surface area contributed by atoms with Gasteiger partial charge < -0.3 is 11.1 Å². The second kappa shape index (κ2) is 5.38. The lowest BCUT2D eigenvalue weighted by Crippen LogP contribution is -2.27. The highest BCUT2D eigenvalue weighted by molar-refractivity contribution is 7.90. The predicted octanol–water partition coefficient (Wildman–Crippen LogP) is 1.06. The first kappa shape index (κ1) is 13.5. The Morgan fingerprint density at radius 2 is 1.94 bits per heavy atom. The Morgan fingerprint density at radius 1 is 1.28 bits per heavy atom. The van der Waals surface area contributed by atoms with Gasteiger partial charge in [-0.3, -0.25) is 0 Å². The normalized spacial score (nSPS) is 24.3. The Kier molecular flexibility index (Phi) is 4.04. The van der Waals surface area contributed by atoms with E-state index in [0.717, 1.165) is 31.4 Å². The molecule has 4 nitrogen and oxygen atoms in total. The van der Waals surface area contributed by atoms with E-state index in [1.165, 1.54) is 6.26 Å². The van der Waals surface area contributed by atoms with Gasteiger partial charge in [0.25, 0.3) is 0 Å². The summed E-state index contributed by atoms with van der Waals surface area (Å²) in [6.07, 6.45) is 4.47. The van der Waals surface area contributed by atoms with Crippen molar-refractivity contribution in [2.75, 3.05) is 6.26 Å². The van der Waals surface area contributed by atoms with E-state index in [-0.39, 0.29) is 0 Å². The number of sulfone groups is 1. The van der Waals surface area contributed by atoms with Crippen molar-refractivity contribution in [3.05, 3.63) is 29.8 Å². The topological polar surface area (TPSA) is 72.2 Å². The molecule has 0 amide bonds. The molecule has 0 bridgehead atoms. The largest absolute Gasteiger partial charge is 0.328 e. The van der Waals surface area contributed by atoms with E-state index in [2.05, 4.69) is 5.32 Å². The number of nitrogens with two attached hydrogens (primary N) is 1. The van der Waals surface area contributed by atoms with Gasteiger partial charge in [-0.25, -0.2) is 8.42 Å². The summed E-state index contributed by atoms with van der Waals surface area (Å²) < 4.78 is 22.6. The summed E-state index contributed by atoms with van der Waals surface area (Å²) in [5.41, 5.74) is 6.96. The van der Waals surface area contributed by atoms with E-state index in [1.54, 1.807) is 12.1 Å². The lowest BCUT2D eigenvalue weighted by atomic mass is 10.2. The maximum atomic E-state index is 11.3. The average molecular weight is 268 g/mol. The number of hydrogen-bond donors (Lipinski definition) is 2. The zero-order chi connectivity index (χ0) is 13.2. The van der Waals surface area contributed by atoms with Crippen molar-refractivity contribution in [1.29, 1.82) is 0 Å². The Labute approximate surface area is 108 Å². The molecule has 1 aliphatic carbocycles. The van der Waals surface area contributed by atoms with Crippen LogP contribution in [-0.4, -0.2) is 26.8 Å². The van der Waals surface area contributed by atoms with Gasteiger partial charge in [-0.1, -0.05) is 12.1 Å². The monoisotopic (exact) mass is 268 g/mol. The quantitative estimate of drug-likeness (QED) is 0.856. The van der Waals surface area contributed by atoms with Crippen LogP contribution in [0.5, 0.6) is 0 Å². The number of benzene rings is 1. The van der Waals surface area contributed by atoms with E-state index in [4.69, 9.17) is 5.73 Å². The molecule has 1 aromatic carbocycles. The van der Waals surface area contributed by atoms with Gasteiger partial charge in [-0.15, -0.1) is 0 Å². The third-order valence-corrected chi connectivity index (χ3v) is 4.55. The van der Waals surface area contributed by atoms with Crippen LogP contribution in [0, 0.1) is 0 Å². The summed E-state index contributed by atoms with van der Waals surface area (Å²) in [6.45, 7) is 0.765. The van der Waals surface area contributed by atoms with Crippen LogP contribution in [0.4, 0.5) is 0 Å². The summed E-state index contributed by atoms with van der Waals surface area (Å²) in [5.74, 6) is 0. The van der Waals surface area contributed by atoms with E-state index < -0.39 is 9.84 Å². The van der Waals surface area contributed by atoms with Crippen molar-refractivity contribution in [2.45, 2.75) is 42.8 Å². The molecule has 2 unspecified atom stereocenters. The number of nitrogens with one attached hydrogen (secondary N) is 1. The molecule has 0 aliphatic heterocycles. The summed E-state index contributed by atoms with van der Waals surface area (Å²) in [7, 11) is -3.09. The molecule has 1 saturated carbocycles. The average Bonchev–Trinajstić information content (AvgIpc) is 2.72. The lowest BCUT2D eigenvalue weighted by molar-refractivity contribution is 0.516. The van der Waals surface area contributed by atoms with Gasteiger partial charge in [0.05, 0.1) is 4.90 Å². The van der Waals surface area contributed by atoms with Crippen molar-refractivity contribution in [3.8, 4) is 0 Å². The third-order valence-electron chi connectivity index (χ3n) is 3.42. The van der Waals surface area contributed by atoms with Crippen molar-refractivity contribution < 1.29 is 8.42 Å². The zero-order valence-corrected chi connectivity index (χ0v) is 11.4. The molecular weight excluding hydrogens is 248 g/mol. The first-order chi connectivity index (χ1) is 8.45. The summed E-state index contributed by atoms with van der Waals surface area (Å²) in [4.78, 5) is 0.370. The van der Waals surface area contributed by atoms with Crippen LogP contribution < -0.4 is 11.1 Å². The minimum absolute atomic E-state index is 0.329. The second-order valence-electron chi connectivity index (χ2n) is 5.07. The highest BCUT2D eigenvalue weighted by atomic mass is 32.2. The van der Waals surface area contributed by atoms with Crippen LogP contribution in [0.15, 0.2) is 29.2 Å². The lowest BCUT2D eigenvalue weighted by Gasteiger charge is -2.12. The fourth-order valence-corrected chi connectivity index (χ4v) is 2.95. The van der Waals surface area contributed by atoms with Gasteiger partial charge in [0, 0.05) is 24.9 Å². The van der Waals surface area contributed by atoms with Gasteiger partial charge in [-0.05, 0) is 37.0 Å². The van der Waals surface area contributed by atoms with Gasteiger partial charge in [-0.2, -0.15) is 0 Å². The summed E-state index contributed by atoms with van der Waals surface area (Å²) >= 11 is 0. The molecule has 1 fully saturated rings. The predicted molar refractivity (Wildman–Crippen MR) is 72.0 cm³/mol. The van der Waals surface area contributed by atoms with Gasteiger partial charge >= 0.3 is 0 Å². The van der Waals surface area contributed by atoms with Crippen LogP contribution in [0.1, 0.15) is 24.8 Å². The molecule has 0 spiro atoms. The van der Waals surface area contributed by atoms with Crippen molar-refractivity contribution in [3.63, 3.8) is 0 Å². The van der Waals surface area contributed by atoms with Crippen LogP contribution in [0.2, 0.25) is 0 Å². The maximum Gasteiger partial charge on any atom is 0.175 e. The van der Waals surface area contributed by atoms with Gasteiger partial charge in [0.1, 0.15) is 0 Å². The molecule has 2 atom stereocenters. The standard InChI is InChI=1S/C13H20N2O2S/c1-18(16,17)13-6-2-10(3-7-13)9-15-12-5-4-11(14)8-12/h2-3,6-7,11-12,15H,4-5,8-9,14H2,1H3. The first-order valence-electron chi connectivity index (χ1n) is 6.23. The molecule has 1 aromatic rings. The Morgan fingerprint density at radius 3 is 2.44 bits per heavy atom. The molecule has 100 valence electrons. The summed E-state index contributed by atoms with van der Waals surface area (Å²) in [6, 6.07) is 7.86. The maximum absolute atomic E-state index is 11.3. The van der Waals surface area contributed by atoms with Gasteiger partial charge in [0.2, 0.25) is 0 Å². The molecule has 18 heavy (non-hydrogen) atoms. The molecule has 5 heteroatoms. The first-order valence-corrected chi connectivity index (χ1v) is 8.12. The van der Waals surface area contributed by atoms with E-state index in [1.807, 2.05) is 12.1 Å². The van der Waals surface area contributed by atoms with Crippen LogP contribution in [-0.2, 0) is 16.4 Å². The molecule has 3 N–H and O–H groups in total. The highest BCUT2D eigenvalue weighted by Gasteiger charge is 2.20. The van der Waals surface area contributed by atoms with Crippen molar-refractivity contribution >= 4 is 9.84 Å². The minimum atomic E-state index is -3.09. The second-order valence-corrected chi connectivity index (χ2v) is 7.08. The van der Waals surface area contributed by atoms with Crippen molar-refractivity contribution in [2.24, 2.45) is 5.73 Å². The Bertz CT molecular complexity index is 496.